The standard InChI is InChI=1S/C10H16O2/c1-3-9(6-12-7-9)10(4-5-10)8(2)11/h3-7H2,1-2H3. The quantitative estimate of drug-likeness (QED) is 0.642. The minimum absolute atomic E-state index is 0.0278. The maximum absolute atomic E-state index is 11.5. The summed E-state index contributed by atoms with van der Waals surface area (Å²) < 4.78 is 5.25. The average Bonchev–Trinajstić information content (AvgIpc) is 2.67. The molecule has 1 aliphatic carbocycles. The second-order valence-electron chi connectivity index (χ2n) is 4.26. The van der Waals surface area contributed by atoms with E-state index in [1.54, 1.807) is 6.92 Å². The van der Waals surface area contributed by atoms with Crippen molar-refractivity contribution >= 4 is 5.78 Å². The van der Waals surface area contributed by atoms with E-state index in [2.05, 4.69) is 6.92 Å². The average molecular weight is 168 g/mol. The Morgan fingerprint density at radius 3 is 2.08 bits per heavy atom. The van der Waals surface area contributed by atoms with Gasteiger partial charge in [0.15, 0.2) is 0 Å². The molecule has 0 aromatic carbocycles. The first-order chi connectivity index (χ1) is 5.67. The van der Waals surface area contributed by atoms with Gasteiger partial charge in [0.2, 0.25) is 0 Å². The third kappa shape index (κ3) is 0.764. The van der Waals surface area contributed by atoms with E-state index in [4.69, 9.17) is 4.74 Å². The van der Waals surface area contributed by atoms with Gasteiger partial charge >= 0.3 is 0 Å². The van der Waals surface area contributed by atoms with Crippen molar-refractivity contribution in [1.82, 2.24) is 0 Å². The molecule has 68 valence electrons. The molecule has 0 amide bonds. The summed E-state index contributed by atoms with van der Waals surface area (Å²) in [5, 5.41) is 0. The zero-order valence-corrected chi connectivity index (χ0v) is 7.85. The third-order valence-electron chi connectivity index (χ3n) is 3.87. The van der Waals surface area contributed by atoms with Gasteiger partial charge in [0.05, 0.1) is 13.2 Å². The van der Waals surface area contributed by atoms with E-state index in [0.29, 0.717) is 5.78 Å². The van der Waals surface area contributed by atoms with Gasteiger partial charge in [-0.05, 0) is 26.2 Å². The second kappa shape index (κ2) is 2.32. The SMILES string of the molecule is CCC1(C2(C(C)=O)CC2)COC1. The lowest BCUT2D eigenvalue weighted by Crippen LogP contribution is -2.51. The van der Waals surface area contributed by atoms with E-state index < -0.39 is 0 Å². The highest BCUT2D eigenvalue weighted by atomic mass is 16.5. The van der Waals surface area contributed by atoms with Crippen molar-refractivity contribution in [2.75, 3.05) is 13.2 Å². The van der Waals surface area contributed by atoms with Gasteiger partial charge < -0.3 is 4.74 Å². The first-order valence-electron chi connectivity index (χ1n) is 4.76. The molecule has 0 unspecified atom stereocenters. The van der Waals surface area contributed by atoms with E-state index in [1.165, 1.54) is 0 Å². The van der Waals surface area contributed by atoms with Crippen LogP contribution in [0.3, 0.4) is 0 Å². The van der Waals surface area contributed by atoms with Crippen molar-refractivity contribution in [2.45, 2.75) is 33.1 Å². The topological polar surface area (TPSA) is 26.3 Å². The lowest BCUT2D eigenvalue weighted by Gasteiger charge is -2.46. The summed E-state index contributed by atoms with van der Waals surface area (Å²) in [6.45, 7) is 5.53. The van der Waals surface area contributed by atoms with Crippen LogP contribution in [-0.4, -0.2) is 19.0 Å². The summed E-state index contributed by atoms with van der Waals surface area (Å²) in [7, 11) is 0. The van der Waals surface area contributed by atoms with E-state index in [9.17, 15) is 4.79 Å². The predicted octanol–water partition coefficient (Wildman–Crippen LogP) is 1.78. The number of hydrogen-bond acceptors (Lipinski definition) is 2. The largest absolute Gasteiger partial charge is 0.380 e. The van der Waals surface area contributed by atoms with Crippen molar-refractivity contribution < 1.29 is 9.53 Å². The van der Waals surface area contributed by atoms with Crippen LogP contribution in [0.15, 0.2) is 0 Å². The number of hydrogen-bond donors (Lipinski definition) is 0. The highest BCUT2D eigenvalue weighted by Crippen LogP contribution is 2.63. The van der Waals surface area contributed by atoms with E-state index >= 15 is 0 Å². The molecule has 2 aliphatic rings. The Morgan fingerprint density at radius 2 is 2.00 bits per heavy atom. The predicted molar refractivity (Wildman–Crippen MR) is 45.9 cm³/mol. The molecular weight excluding hydrogens is 152 g/mol. The molecule has 0 N–H and O–H groups in total. The molecule has 0 spiro atoms. The van der Waals surface area contributed by atoms with E-state index in [0.717, 1.165) is 32.5 Å². The summed E-state index contributed by atoms with van der Waals surface area (Å²) in [6.07, 6.45) is 3.28. The van der Waals surface area contributed by atoms with Crippen molar-refractivity contribution in [3.63, 3.8) is 0 Å². The van der Waals surface area contributed by atoms with Gasteiger partial charge in [-0.25, -0.2) is 0 Å². The molecule has 12 heavy (non-hydrogen) atoms. The van der Waals surface area contributed by atoms with Gasteiger partial charge in [0, 0.05) is 10.8 Å². The van der Waals surface area contributed by atoms with Crippen LogP contribution in [0, 0.1) is 10.8 Å². The minimum Gasteiger partial charge on any atom is -0.380 e. The molecule has 0 atom stereocenters. The fourth-order valence-electron chi connectivity index (χ4n) is 2.55. The minimum atomic E-state index is 0.0278. The van der Waals surface area contributed by atoms with Crippen molar-refractivity contribution in [3.8, 4) is 0 Å². The molecule has 0 aromatic heterocycles. The number of ether oxygens (including phenoxy) is 1. The third-order valence-corrected chi connectivity index (χ3v) is 3.87. The number of carbonyl (C=O) groups excluding carboxylic acids is 1. The van der Waals surface area contributed by atoms with Gasteiger partial charge in [0.1, 0.15) is 5.78 Å². The molecule has 2 rings (SSSR count). The van der Waals surface area contributed by atoms with Crippen LogP contribution < -0.4 is 0 Å². The molecule has 1 saturated heterocycles. The van der Waals surface area contributed by atoms with Gasteiger partial charge in [-0.2, -0.15) is 0 Å². The van der Waals surface area contributed by atoms with Crippen molar-refractivity contribution in [3.05, 3.63) is 0 Å². The summed E-state index contributed by atoms with van der Waals surface area (Å²) in [5.41, 5.74) is 0.249. The van der Waals surface area contributed by atoms with Crippen LogP contribution in [0.25, 0.3) is 0 Å². The monoisotopic (exact) mass is 168 g/mol. The van der Waals surface area contributed by atoms with Gasteiger partial charge in [-0.3, -0.25) is 4.79 Å². The molecular formula is C10H16O2. The maximum atomic E-state index is 11.5. The molecule has 0 aromatic rings. The Kier molecular flexibility index (Phi) is 1.59. The molecule has 2 fully saturated rings. The van der Waals surface area contributed by atoms with Gasteiger partial charge in [-0.1, -0.05) is 6.92 Å². The molecule has 1 heterocycles. The molecule has 0 radical (unpaired) electrons. The number of carbonyl (C=O) groups is 1. The first kappa shape index (κ1) is 8.24. The van der Waals surface area contributed by atoms with Gasteiger partial charge in [-0.15, -0.1) is 0 Å². The summed E-state index contributed by atoms with van der Waals surface area (Å²) in [4.78, 5) is 11.5. The highest BCUT2D eigenvalue weighted by molar-refractivity contribution is 5.86. The van der Waals surface area contributed by atoms with E-state index in [-0.39, 0.29) is 10.8 Å². The Labute approximate surface area is 73.3 Å². The summed E-state index contributed by atoms with van der Waals surface area (Å²) in [6, 6.07) is 0. The number of Topliss-reactive ketones (excluding diaryl/α,β-unsaturated/α-hetero) is 1. The normalized spacial score (nSPS) is 29.2. The Balaban J connectivity index is 2.21. The molecule has 2 nitrogen and oxygen atoms in total. The summed E-state index contributed by atoms with van der Waals surface area (Å²) >= 11 is 0. The highest BCUT2D eigenvalue weighted by Gasteiger charge is 2.64. The van der Waals surface area contributed by atoms with Crippen LogP contribution in [-0.2, 0) is 9.53 Å². The van der Waals surface area contributed by atoms with Crippen LogP contribution in [0.4, 0.5) is 0 Å². The lowest BCUT2D eigenvalue weighted by atomic mass is 9.67. The fraction of sp³-hybridized carbons (Fsp3) is 0.900. The van der Waals surface area contributed by atoms with Crippen LogP contribution in [0.5, 0.6) is 0 Å². The van der Waals surface area contributed by atoms with Gasteiger partial charge in [0.25, 0.3) is 0 Å². The lowest BCUT2D eigenvalue weighted by molar-refractivity contribution is -0.168. The number of ketones is 1. The van der Waals surface area contributed by atoms with Crippen LogP contribution >= 0.6 is 0 Å². The second-order valence-corrected chi connectivity index (χ2v) is 4.26. The molecule has 1 saturated carbocycles. The molecule has 2 heteroatoms. The first-order valence-corrected chi connectivity index (χ1v) is 4.76. The van der Waals surface area contributed by atoms with Crippen molar-refractivity contribution in [2.24, 2.45) is 10.8 Å². The Hall–Kier alpha value is -0.370. The Morgan fingerprint density at radius 1 is 1.42 bits per heavy atom. The maximum Gasteiger partial charge on any atom is 0.136 e. The van der Waals surface area contributed by atoms with Crippen LogP contribution in [0.2, 0.25) is 0 Å². The van der Waals surface area contributed by atoms with E-state index in [1.807, 2.05) is 0 Å². The van der Waals surface area contributed by atoms with Crippen LogP contribution in [0.1, 0.15) is 33.1 Å². The fourth-order valence-corrected chi connectivity index (χ4v) is 2.55. The molecule has 0 bridgehead atoms. The number of rotatable bonds is 3. The molecule has 1 aliphatic heterocycles. The zero-order valence-electron chi connectivity index (χ0n) is 7.85. The Bertz CT molecular complexity index is 206. The smallest absolute Gasteiger partial charge is 0.136 e. The zero-order chi connectivity index (χ0) is 8.82. The summed E-state index contributed by atoms with van der Waals surface area (Å²) in [5.74, 6) is 0.382. The van der Waals surface area contributed by atoms with Crippen molar-refractivity contribution in [1.29, 1.82) is 0 Å².